The standard InChI is InChI=1S/C8H8N4OS/c1-13-6-5(3-2-4-10-6)7-11-12-8(9)14-7/h2-4H,1H3,(H2,9,12). The van der Waals surface area contributed by atoms with E-state index in [-0.39, 0.29) is 0 Å². The van der Waals surface area contributed by atoms with Crippen molar-refractivity contribution in [2.24, 2.45) is 0 Å². The van der Waals surface area contributed by atoms with Gasteiger partial charge < -0.3 is 10.5 Å². The van der Waals surface area contributed by atoms with Gasteiger partial charge in [0.1, 0.15) is 0 Å². The van der Waals surface area contributed by atoms with E-state index in [1.54, 1.807) is 13.3 Å². The van der Waals surface area contributed by atoms with E-state index in [2.05, 4.69) is 15.2 Å². The van der Waals surface area contributed by atoms with Crippen molar-refractivity contribution in [2.45, 2.75) is 0 Å². The summed E-state index contributed by atoms with van der Waals surface area (Å²) < 4.78 is 5.10. The van der Waals surface area contributed by atoms with E-state index in [0.717, 1.165) is 5.56 Å². The molecule has 14 heavy (non-hydrogen) atoms. The molecule has 6 heteroatoms. The van der Waals surface area contributed by atoms with Gasteiger partial charge in [-0.3, -0.25) is 0 Å². The second-order valence-electron chi connectivity index (χ2n) is 2.51. The summed E-state index contributed by atoms with van der Waals surface area (Å²) in [5.74, 6) is 0.531. The fourth-order valence-electron chi connectivity index (χ4n) is 1.06. The molecule has 2 aromatic heterocycles. The molecule has 0 radical (unpaired) electrons. The van der Waals surface area contributed by atoms with Gasteiger partial charge in [-0.15, -0.1) is 10.2 Å². The van der Waals surface area contributed by atoms with Gasteiger partial charge in [-0.25, -0.2) is 4.98 Å². The predicted molar refractivity (Wildman–Crippen MR) is 54.1 cm³/mol. The predicted octanol–water partition coefficient (Wildman–Crippen LogP) is 1.19. The van der Waals surface area contributed by atoms with Gasteiger partial charge in [-0.2, -0.15) is 0 Å². The fraction of sp³-hybridized carbons (Fsp3) is 0.125. The Balaban J connectivity index is 2.50. The van der Waals surface area contributed by atoms with Crippen LogP contribution in [0.25, 0.3) is 10.6 Å². The molecule has 0 bridgehead atoms. The summed E-state index contributed by atoms with van der Waals surface area (Å²) in [5, 5.41) is 8.80. The van der Waals surface area contributed by atoms with Crippen molar-refractivity contribution in [1.82, 2.24) is 15.2 Å². The van der Waals surface area contributed by atoms with Crippen molar-refractivity contribution in [2.75, 3.05) is 12.8 Å². The minimum absolute atomic E-state index is 0.436. The van der Waals surface area contributed by atoms with Crippen molar-refractivity contribution < 1.29 is 4.74 Å². The molecule has 72 valence electrons. The molecule has 0 fully saturated rings. The Morgan fingerprint density at radius 2 is 2.29 bits per heavy atom. The normalized spacial score (nSPS) is 10.1. The van der Waals surface area contributed by atoms with Crippen LogP contribution in [0, 0.1) is 0 Å². The van der Waals surface area contributed by atoms with Gasteiger partial charge >= 0.3 is 0 Å². The third-order valence-electron chi connectivity index (χ3n) is 1.64. The van der Waals surface area contributed by atoms with Crippen LogP contribution in [0.1, 0.15) is 0 Å². The molecule has 2 heterocycles. The number of ether oxygens (including phenoxy) is 1. The van der Waals surface area contributed by atoms with Crippen LogP contribution in [0.3, 0.4) is 0 Å². The summed E-state index contributed by atoms with van der Waals surface area (Å²) in [6.45, 7) is 0. The molecule has 2 N–H and O–H groups in total. The zero-order valence-corrected chi connectivity index (χ0v) is 8.28. The maximum atomic E-state index is 5.49. The zero-order valence-electron chi connectivity index (χ0n) is 7.47. The van der Waals surface area contributed by atoms with Crippen LogP contribution in [-0.4, -0.2) is 22.3 Å². The summed E-state index contributed by atoms with van der Waals surface area (Å²) in [5.41, 5.74) is 6.30. The molecule has 0 saturated heterocycles. The van der Waals surface area contributed by atoms with Gasteiger partial charge in [-0.05, 0) is 12.1 Å². The highest BCUT2D eigenvalue weighted by molar-refractivity contribution is 7.18. The first-order valence-electron chi connectivity index (χ1n) is 3.89. The molecular weight excluding hydrogens is 200 g/mol. The second-order valence-corrected chi connectivity index (χ2v) is 3.51. The zero-order chi connectivity index (χ0) is 9.97. The van der Waals surface area contributed by atoms with Crippen molar-refractivity contribution in [3.63, 3.8) is 0 Å². The van der Waals surface area contributed by atoms with Crippen molar-refractivity contribution >= 4 is 16.5 Å². The molecule has 5 nitrogen and oxygen atoms in total. The third kappa shape index (κ3) is 1.51. The minimum atomic E-state index is 0.436. The van der Waals surface area contributed by atoms with Crippen molar-refractivity contribution in [1.29, 1.82) is 0 Å². The van der Waals surface area contributed by atoms with Crippen LogP contribution in [0.15, 0.2) is 18.3 Å². The largest absolute Gasteiger partial charge is 0.480 e. The number of nitrogens with zero attached hydrogens (tertiary/aromatic N) is 3. The van der Waals surface area contributed by atoms with Crippen LogP contribution in [0.5, 0.6) is 5.88 Å². The average Bonchev–Trinajstić information content (AvgIpc) is 2.65. The number of rotatable bonds is 2. The molecule has 0 saturated carbocycles. The van der Waals surface area contributed by atoms with Gasteiger partial charge in [-0.1, -0.05) is 11.3 Å². The van der Waals surface area contributed by atoms with Gasteiger partial charge in [0.05, 0.1) is 12.7 Å². The van der Waals surface area contributed by atoms with Crippen LogP contribution in [0.2, 0.25) is 0 Å². The number of nitrogens with two attached hydrogens (primary N) is 1. The summed E-state index contributed by atoms with van der Waals surface area (Å²) in [6, 6.07) is 3.68. The first-order chi connectivity index (χ1) is 6.81. The number of nitrogen functional groups attached to an aromatic ring is 1. The maximum absolute atomic E-state index is 5.49. The van der Waals surface area contributed by atoms with E-state index in [4.69, 9.17) is 10.5 Å². The Morgan fingerprint density at radius 1 is 1.43 bits per heavy atom. The van der Waals surface area contributed by atoms with Crippen molar-refractivity contribution in [3.05, 3.63) is 18.3 Å². The summed E-state index contributed by atoms with van der Waals surface area (Å²) in [4.78, 5) is 4.06. The van der Waals surface area contributed by atoms with E-state index < -0.39 is 0 Å². The topological polar surface area (TPSA) is 73.9 Å². The summed E-state index contributed by atoms with van der Waals surface area (Å²) >= 11 is 1.31. The Labute approximate surface area is 84.6 Å². The van der Waals surface area contributed by atoms with Crippen LogP contribution in [-0.2, 0) is 0 Å². The van der Waals surface area contributed by atoms with Gasteiger partial charge in [0.15, 0.2) is 5.01 Å². The van der Waals surface area contributed by atoms with Gasteiger partial charge in [0.2, 0.25) is 11.0 Å². The second kappa shape index (κ2) is 3.59. The fourth-order valence-corrected chi connectivity index (χ4v) is 1.69. The average molecular weight is 208 g/mol. The van der Waals surface area contributed by atoms with E-state index in [1.807, 2.05) is 12.1 Å². The van der Waals surface area contributed by atoms with E-state index in [9.17, 15) is 0 Å². The van der Waals surface area contributed by atoms with E-state index >= 15 is 0 Å². The van der Waals surface area contributed by atoms with Crippen LogP contribution < -0.4 is 10.5 Å². The molecule has 2 aromatic rings. The number of hydrogen-bond donors (Lipinski definition) is 1. The Kier molecular flexibility index (Phi) is 2.28. The molecule has 0 aliphatic heterocycles. The van der Waals surface area contributed by atoms with Gasteiger partial charge in [0, 0.05) is 6.20 Å². The lowest BCUT2D eigenvalue weighted by Crippen LogP contribution is -1.90. The lowest BCUT2D eigenvalue weighted by atomic mass is 10.3. The smallest absolute Gasteiger partial charge is 0.223 e. The molecule has 0 atom stereocenters. The Morgan fingerprint density at radius 3 is 2.93 bits per heavy atom. The highest BCUT2D eigenvalue weighted by Gasteiger charge is 2.10. The van der Waals surface area contributed by atoms with E-state index in [0.29, 0.717) is 16.0 Å². The number of hydrogen-bond acceptors (Lipinski definition) is 6. The molecule has 2 rings (SSSR count). The highest BCUT2D eigenvalue weighted by atomic mass is 32.1. The summed E-state index contributed by atoms with van der Waals surface area (Å²) in [6.07, 6.45) is 1.66. The maximum Gasteiger partial charge on any atom is 0.223 e. The number of aromatic nitrogens is 3. The molecule has 0 aliphatic rings. The summed E-state index contributed by atoms with van der Waals surface area (Å²) in [7, 11) is 1.57. The SMILES string of the molecule is COc1ncccc1-c1nnc(N)s1. The molecular formula is C8H8N4OS. The van der Waals surface area contributed by atoms with Crippen LogP contribution in [0.4, 0.5) is 5.13 Å². The molecule has 0 amide bonds. The molecule has 0 unspecified atom stereocenters. The monoisotopic (exact) mass is 208 g/mol. The lowest BCUT2D eigenvalue weighted by molar-refractivity contribution is 0.399. The Hall–Kier alpha value is -1.69. The first kappa shape index (κ1) is 8.89. The number of methoxy groups -OCH3 is 1. The quantitative estimate of drug-likeness (QED) is 0.802. The number of pyridine rings is 1. The third-order valence-corrected chi connectivity index (χ3v) is 2.42. The molecule has 0 aromatic carbocycles. The number of anilines is 1. The molecule has 0 spiro atoms. The van der Waals surface area contributed by atoms with Gasteiger partial charge in [0.25, 0.3) is 0 Å². The van der Waals surface area contributed by atoms with Crippen LogP contribution >= 0.6 is 11.3 Å². The molecule has 0 aliphatic carbocycles. The lowest BCUT2D eigenvalue weighted by Gasteiger charge is -2.01. The van der Waals surface area contributed by atoms with Crippen molar-refractivity contribution in [3.8, 4) is 16.5 Å². The van der Waals surface area contributed by atoms with E-state index in [1.165, 1.54) is 11.3 Å². The Bertz CT molecular complexity index is 442. The minimum Gasteiger partial charge on any atom is -0.480 e. The first-order valence-corrected chi connectivity index (χ1v) is 4.71. The highest BCUT2D eigenvalue weighted by Crippen LogP contribution is 2.30.